The number of Topliss-reactive ketones (excluding diaryl/α,β-unsaturated/α-hetero) is 1. The molecule has 2 amide bonds. The highest BCUT2D eigenvalue weighted by Crippen LogP contribution is 2.30. The van der Waals surface area contributed by atoms with Crippen molar-refractivity contribution in [2.45, 2.75) is 45.1 Å². The number of anilines is 1. The Morgan fingerprint density at radius 2 is 2.07 bits per heavy atom. The Kier molecular flexibility index (Phi) is 6.25. The molecule has 0 aliphatic carbocycles. The van der Waals surface area contributed by atoms with Gasteiger partial charge >= 0.3 is 6.03 Å². The number of aryl methyl sites for hydroxylation is 2. The lowest BCUT2D eigenvalue weighted by atomic mass is 10.1. The summed E-state index contributed by atoms with van der Waals surface area (Å²) in [6, 6.07) is 9.98. The predicted octanol–water partition coefficient (Wildman–Crippen LogP) is 4.08. The number of ether oxygens (including phenoxy) is 1. The summed E-state index contributed by atoms with van der Waals surface area (Å²) in [6.07, 6.45) is 4.59. The summed E-state index contributed by atoms with van der Waals surface area (Å²) < 4.78 is 5.78. The second-order valence-corrected chi connectivity index (χ2v) is 8.67. The molecule has 2 fully saturated rings. The van der Waals surface area contributed by atoms with Crippen LogP contribution in [-0.4, -0.2) is 54.0 Å². The van der Waals surface area contributed by atoms with Gasteiger partial charge in [-0.15, -0.1) is 0 Å². The molecule has 1 aromatic heterocycles. The van der Waals surface area contributed by atoms with Crippen LogP contribution in [0.25, 0.3) is 0 Å². The molecule has 3 heterocycles. The number of hydrogen-bond donors (Lipinski definition) is 0. The zero-order chi connectivity index (χ0) is 20.2. The van der Waals surface area contributed by atoms with Crippen molar-refractivity contribution in [1.29, 1.82) is 0 Å². The van der Waals surface area contributed by atoms with E-state index in [1.165, 1.54) is 11.3 Å². The van der Waals surface area contributed by atoms with Crippen molar-refractivity contribution in [3.63, 3.8) is 0 Å². The smallest absolute Gasteiger partial charge is 0.326 e. The van der Waals surface area contributed by atoms with Gasteiger partial charge < -0.3 is 9.64 Å². The first-order valence-electron chi connectivity index (χ1n) is 10.3. The maximum Gasteiger partial charge on any atom is 0.326 e. The first-order valence-corrected chi connectivity index (χ1v) is 11.2. The number of aromatic nitrogens is 1. The molecular formula is C22H27N3O3S. The summed E-state index contributed by atoms with van der Waals surface area (Å²) in [6.45, 7) is 4.56. The number of rotatable bonds is 7. The van der Waals surface area contributed by atoms with Crippen LogP contribution in [0.4, 0.5) is 9.93 Å². The molecule has 1 unspecified atom stereocenters. The second kappa shape index (κ2) is 9.05. The number of benzene rings is 1. The minimum Gasteiger partial charge on any atom is -0.376 e. The SMILES string of the molecule is Cc1nc(N2CCN(CC3CCCCO3)C2=O)sc1C(=O)CCc1ccccc1. The van der Waals surface area contributed by atoms with Gasteiger partial charge in [0.2, 0.25) is 0 Å². The summed E-state index contributed by atoms with van der Waals surface area (Å²) in [5.41, 5.74) is 1.86. The first kappa shape index (κ1) is 20.0. The number of nitrogens with zero attached hydrogens (tertiary/aromatic N) is 3. The minimum atomic E-state index is -0.0313. The largest absolute Gasteiger partial charge is 0.376 e. The van der Waals surface area contributed by atoms with Crippen molar-refractivity contribution in [1.82, 2.24) is 9.88 Å². The van der Waals surface area contributed by atoms with E-state index in [2.05, 4.69) is 4.98 Å². The maximum absolute atomic E-state index is 12.9. The van der Waals surface area contributed by atoms with Gasteiger partial charge in [-0.2, -0.15) is 0 Å². The third kappa shape index (κ3) is 4.67. The Morgan fingerprint density at radius 1 is 1.24 bits per heavy atom. The van der Waals surface area contributed by atoms with Crippen molar-refractivity contribution in [3.05, 3.63) is 46.5 Å². The maximum atomic E-state index is 12.9. The molecule has 7 heteroatoms. The number of carbonyl (C=O) groups excluding carboxylic acids is 2. The van der Waals surface area contributed by atoms with E-state index in [1.54, 1.807) is 4.90 Å². The van der Waals surface area contributed by atoms with Crippen molar-refractivity contribution in [2.24, 2.45) is 0 Å². The average Bonchev–Trinajstić information content (AvgIpc) is 3.30. The first-order chi connectivity index (χ1) is 14.1. The Labute approximate surface area is 175 Å². The Bertz CT molecular complexity index is 861. The molecule has 6 nitrogen and oxygen atoms in total. The van der Waals surface area contributed by atoms with Gasteiger partial charge in [0.15, 0.2) is 10.9 Å². The molecule has 4 rings (SSSR count). The van der Waals surface area contributed by atoms with E-state index >= 15 is 0 Å². The predicted molar refractivity (Wildman–Crippen MR) is 114 cm³/mol. The monoisotopic (exact) mass is 413 g/mol. The number of amides is 2. The molecule has 0 spiro atoms. The van der Waals surface area contributed by atoms with Gasteiger partial charge in [0.05, 0.1) is 16.7 Å². The second-order valence-electron chi connectivity index (χ2n) is 7.69. The number of carbonyl (C=O) groups is 2. The molecule has 154 valence electrons. The Balaban J connectivity index is 1.38. The normalized spacial score (nSPS) is 19.8. The van der Waals surface area contributed by atoms with Crippen LogP contribution < -0.4 is 4.90 Å². The van der Waals surface area contributed by atoms with Crippen LogP contribution in [0.15, 0.2) is 30.3 Å². The summed E-state index contributed by atoms with van der Waals surface area (Å²) in [7, 11) is 0. The van der Waals surface area contributed by atoms with Crippen LogP contribution in [0.5, 0.6) is 0 Å². The molecule has 2 aromatic rings. The van der Waals surface area contributed by atoms with Gasteiger partial charge in [0.1, 0.15) is 0 Å². The molecule has 2 aliphatic rings. The topological polar surface area (TPSA) is 62.7 Å². The third-order valence-corrected chi connectivity index (χ3v) is 6.77. The minimum absolute atomic E-state index is 0.0313. The number of urea groups is 1. The van der Waals surface area contributed by atoms with Gasteiger partial charge in [-0.25, -0.2) is 9.78 Å². The van der Waals surface area contributed by atoms with Crippen LogP contribution in [-0.2, 0) is 11.2 Å². The lowest BCUT2D eigenvalue weighted by molar-refractivity contribution is 0.00338. The fraction of sp³-hybridized carbons (Fsp3) is 0.500. The van der Waals surface area contributed by atoms with Gasteiger partial charge in [-0.1, -0.05) is 41.7 Å². The van der Waals surface area contributed by atoms with E-state index in [1.807, 2.05) is 42.2 Å². The highest BCUT2D eigenvalue weighted by atomic mass is 32.1. The van der Waals surface area contributed by atoms with E-state index in [0.717, 1.165) is 31.4 Å². The van der Waals surface area contributed by atoms with E-state index in [-0.39, 0.29) is 17.9 Å². The number of thiazole rings is 1. The van der Waals surface area contributed by atoms with Crippen LogP contribution >= 0.6 is 11.3 Å². The van der Waals surface area contributed by atoms with Crippen LogP contribution in [0.2, 0.25) is 0 Å². The third-order valence-electron chi connectivity index (χ3n) is 5.55. The number of hydrogen-bond acceptors (Lipinski definition) is 5. The van der Waals surface area contributed by atoms with Crippen molar-refractivity contribution in [2.75, 3.05) is 31.1 Å². The molecule has 0 N–H and O–H groups in total. The molecule has 2 saturated heterocycles. The van der Waals surface area contributed by atoms with Gasteiger partial charge in [-0.3, -0.25) is 9.69 Å². The summed E-state index contributed by atoms with van der Waals surface area (Å²) in [5.74, 6) is 0.0919. The summed E-state index contributed by atoms with van der Waals surface area (Å²) in [4.78, 5) is 34.3. The Hall–Kier alpha value is -2.25. The van der Waals surface area contributed by atoms with E-state index in [0.29, 0.717) is 48.2 Å². The molecule has 1 atom stereocenters. The van der Waals surface area contributed by atoms with Crippen LogP contribution in [0, 0.1) is 6.92 Å². The summed E-state index contributed by atoms with van der Waals surface area (Å²) in [5, 5.41) is 0.627. The molecule has 1 aromatic carbocycles. The quantitative estimate of drug-likeness (QED) is 0.642. The molecule has 0 radical (unpaired) electrons. The van der Waals surface area contributed by atoms with Crippen molar-refractivity contribution >= 4 is 28.3 Å². The van der Waals surface area contributed by atoms with Gasteiger partial charge in [-0.05, 0) is 38.2 Å². The highest BCUT2D eigenvalue weighted by molar-refractivity contribution is 7.17. The van der Waals surface area contributed by atoms with E-state index in [4.69, 9.17) is 4.74 Å². The van der Waals surface area contributed by atoms with E-state index < -0.39 is 0 Å². The van der Waals surface area contributed by atoms with Crippen molar-refractivity contribution in [3.8, 4) is 0 Å². The molecular weight excluding hydrogens is 386 g/mol. The van der Waals surface area contributed by atoms with Crippen LogP contribution in [0.1, 0.15) is 46.6 Å². The zero-order valence-corrected chi connectivity index (χ0v) is 17.6. The summed E-state index contributed by atoms with van der Waals surface area (Å²) >= 11 is 1.34. The van der Waals surface area contributed by atoms with Crippen LogP contribution in [0.3, 0.4) is 0 Å². The lowest BCUT2D eigenvalue weighted by Gasteiger charge is -2.27. The molecule has 0 bridgehead atoms. The highest BCUT2D eigenvalue weighted by Gasteiger charge is 2.34. The van der Waals surface area contributed by atoms with Gasteiger partial charge in [0.25, 0.3) is 0 Å². The zero-order valence-electron chi connectivity index (χ0n) is 16.8. The Morgan fingerprint density at radius 3 is 2.83 bits per heavy atom. The van der Waals surface area contributed by atoms with Crippen molar-refractivity contribution < 1.29 is 14.3 Å². The number of ketones is 1. The molecule has 2 aliphatic heterocycles. The standard InChI is InChI=1S/C22H27N3O3S/c1-16-20(19(26)11-10-17-7-3-2-4-8-17)29-21(23-16)25-13-12-24(22(25)27)15-18-9-5-6-14-28-18/h2-4,7-8,18H,5-6,9-15H2,1H3. The molecule has 0 saturated carbocycles. The fourth-order valence-corrected chi connectivity index (χ4v) is 4.95. The lowest BCUT2D eigenvalue weighted by Crippen LogP contribution is -2.39. The fourth-order valence-electron chi connectivity index (χ4n) is 3.90. The average molecular weight is 414 g/mol. The van der Waals surface area contributed by atoms with Gasteiger partial charge in [0, 0.05) is 32.7 Å². The molecule has 29 heavy (non-hydrogen) atoms. The van der Waals surface area contributed by atoms with E-state index in [9.17, 15) is 9.59 Å².